The standard InChI is InChI=1S/C17H25N3O4/c1-23-12-9-13(15(22)14(12)21)24-16-10-5-4-6-11(10)18-17(19-16)20-7-2-3-8-20/h12-15,21-22H,2-9H2,1H3. The van der Waals surface area contributed by atoms with Gasteiger partial charge in [0.2, 0.25) is 11.8 Å². The normalized spacial score (nSPS) is 32.4. The summed E-state index contributed by atoms with van der Waals surface area (Å²) < 4.78 is 11.3. The number of rotatable bonds is 4. The number of aromatic nitrogens is 2. The van der Waals surface area contributed by atoms with Crippen LogP contribution in [0.5, 0.6) is 5.88 Å². The van der Waals surface area contributed by atoms with E-state index in [-0.39, 0.29) is 0 Å². The van der Waals surface area contributed by atoms with Crippen LogP contribution in [-0.4, -0.2) is 64.8 Å². The predicted octanol–water partition coefficient (Wildman–Crippen LogP) is 0.453. The Labute approximate surface area is 141 Å². The summed E-state index contributed by atoms with van der Waals surface area (Å²) in [6.45, 7) is 1.96. The van der Waals surface area contributed by atoms with Crippen molar-refractivity contribution in [1.29, 1.82) is 0 Å². The summed E-state index contributed by atoms with van der Waals surface area (Å²) in [5.74, 6) is 1.31. The fourth-order valence-corrected chi connectivity index (χ4v) is 3.99. The third kappa shape index (κ3) is 2.74. The molecule has 7 nitrogen and oxygen atoms in total. The molecule has 1 aliphatic heterocycles. The molecule has 0 amide bonds. The minimum Gasteiger partial charge on any atom is -0.471 e. The van der Waals surface area contributed by atoms with Crippen LogP contribution in [-0.2, 0) is 17.6 Å². The Hall–Kier alpha value is -1.44. The van der Waals surface area contributed by atoms with E-state index >= 15 is 0 Å². The molecule has 4 unspecified atom stereocenters. The number of hydrogen-bond acceptors (Lipinski definition) is 7. The molecular weight excluding hydrogens is 310 g/mol. The molecule has 2 aliphatic carbocycles. The van der Waals surface area contributed by atoms with Crippen molar-refractivity contribution >= 4 is 5.95 Å². The lowest BCUT2D eigenvalue weighted by Gasteiger charge is -2.21. The number of nitrogens with zero attached hydrogens (tertiary/aromatic N) is 3. The highest BCUT2D eigenvalue weighted by Crippen LogP contribution is 2.34. The average molecular weight is 335 g/mol. The summed E-state index contributed by atoms with van der Waals surface area (Å²) in [5.41, 5.74) is 2.12. The van der Waals surface area contributed by atoms with Gasteiger partial charge >= 0.3 is 0 Å². The summed E-state index contributed by atoms with van der Waals surface area (Å²) in [7, 11) is 1.54. The minimum atomic E-state index is -0.961. The molecule has 1 aromatic heterocycles. The second kappa shape index (κ2) is 6.46. The van der Waals surface area contributed by atoms with Crippen LogP contribution in [0.25, 0.3) is 0 Å². The van der Waals surface area contributed by atoms with E-state index in [4.69, 9.17) is 14.5 Å². The van der Waals surface area contributed by atoms with Crippen molar-refractivity contribution in [3.05, 3.63) is 11.3 Å². The van der Waals surface area contributed by atoms with Gasteiger partial charge in [-0.3, -0.25) is 0 Å². The number of fused-ring (bicyclic) bond motifs is 1. The Bertz CT molecular complexity index is 606. The molecule has 4 rings (SSSR count). The van der Waals surface area contributed by atoms with Gasteiger partial charge in [0.25, 0.3) is 0 Å². The number of anilines is 1. The molecular formula is C17H25N3O4. The van der Waals surface area contributed by atoms with E-state index in [1.54, 1.807) is 0 Å². The zero-order chi connectivity index (χ0) is 16.7. The lowest BCUT2D eigenvalue weighted by molar-refractivity contribution is -0.0486. The highest BCUT2D eigenvalue weighted by atomic mass is 16.5. The fraction of sp³-hybridized carbons (Fsp3) is 0.765. The minimum absolute atomic E-state index is 0.405. The van der Waals surface area contributed by atoms with Crippen molar-refractivity contribution in [2.45, 2.75) is 62.9 Å². The van der Waals surface area contributed by atoms with Gasteiger partial charge in [0, 0.05) is 32.2 Å². The van der Waals surface area contributed by atoms with Gasteiger partial charge in [-0.1, -0.05) is 0 Å². The van der Waals surface area contributed by atoms with E-state index in [1.807, 2.05) is 0 Å². The Morgan fingerprint density at radius 3 is 2.46 bits per heavy atom. The van der Waals surface area contributed by atoms with Gasteiger partial charge in [-0.15, -0.1) is 0 Å². The smallest absolute Gasteiger partial charge is 0.228 e. The molecule has 24 heavy (non-hydrogen) atoms. The van der Waals surface area contributed by atoms with Crippen molar-refractivity contribution in [3.63, 3.8) is 0 Å². The Morgan fingerprint density at radius 1 is 1.00 bits per heavy atom. The van der Waals surface area contributed by atoms with Crippen molar-refractivity contribution < 1.29 is 19.7 Å². The maximum Gasteiger partial charge on any atom is 0.228 e. The largest absolute Gasteiger partial charge is 0.471 e. The lowest BCUT2D eigenvalue weighted by atomic mass is 10.2. The lowest BCUT2D eigenvalue weighted by Crippen LogP contribution is -2.35. The number of ether oxygens (including phenoxy) is 2. The predicted molar refractivity (Wildman–Crippen MR) is 87.3 cm³/mol. The first-order valence-electron chi connectivity index (χ1n) is 8.87. The summed E-state index contributed by atoms with van der Waals surface area (Å²) >= 11 is 0. The van der Waals surface area contributed by atoms with E-state index in [0.29, 0.717) is 12.3 Å². The van der Waals surface area contributed by atoms with Crippen LogP contribution in [0.3, 0.4) is 0 Å². The third-order valence-electron chi connectivity index (χ3n) is 5.41. The van der Waals surface area contributed by atoms with Crippen molar-refractivity contribution in [2.24, 2.45) is 0 Å². The second-order valence-electron chi connectivity index (χ2n) is 6.95. The van der Waals surface area contributed by atoms with Crippen LogP contribution in [0.4, 0.5) is 5.95 Å². The van der Waals surface area contributed by atoms with Gasteiger partial charge in [0.05, 0.1) is 11.8 Å². The van der Waals surface area contributed by atoms with Gasteiger partial charge in [-0.05, 0) is 32.1 Å². The molecule has 1 aromatic rings. The molecule has 0 radical (unpaired) electrons. The van der Waals surface area contributed by atoms with Crippen LogP contribution in [0.1, 0.15) is 36.9 Å². The maximum absolute atomic E-state index is 10.2. The number of aliphatic hydroxyl groups is 2. The number of aliphatic hydroxyl groups excluding tert-OH is 2. The summed E-state index contributed by atoms with van der Waals surface area (Å²) in [5, 5.41) is 20.3. The van der Waals surface area contributed by atoms with Gasteiger partial charge in [-0.2, -0.15) is 4.98 Å². The first-order chi connectivity index (χ1) is 11.7. The maximum atomic E-state index is 10.2. The molecule has 2 heterocycles. The SMILES string of the molecule is COC1CC(Oc2nc(N3CCCC3)nc3c2CCC3)C(O)C1O. The number of hydrogen-bond donors (Lipinski definition) is 2. The first kappa shape index (κ1) is 16.1. The summed E-state index contributed by atoms with van der Waals surface area (Å²) in [6, 6.07) is 0. The molecule has 0 spiro atoms. The molecule has 3 aliphatic rings. The molecule has 0 bridgehead atoms. The van der Waals surface area contributed by atoms with Crippen LogP contribution >= 0.6 is 0 Å². The van der Waals surface area contributed by atoms with Crippen molar-refractivity contribution in [2.75, 3.05) is 25.1 Å². The molecule has 2 fully saturated rings. The van der Waals surface area contributed by atoms with E-state index < -0.39 is 24.4 Å². The van der Waals surface area contributed by atoms with Crippen LogP contribution in [0, 0.1) is 0 Å². The van der Waals surface area contributed by atoms with Gasteiger partial charge in [0.1, 0.15) is 18.3 Å². The van der Waals surface area contributed by atoms with E-state index in [2.05, 4.69) is 9.88 Å². The van der Waals surface area contributed by atoms with Crippen LogP contribution in [0.15, 0.2) is 0 Å². The highest BCUT2D eigenvalue weighted by Gasteiger charge is 2.44. The van der Waals surface area contributed by atoms with Crippen LogP contribution in [0.2, 0.25) is 0 Å². The average Bonchev–Trinajstić information content (AvgIpc) is 3.31. The summed E-state index contributed by atoms with van der Waals surface area (Å²) in [6.07, 6.45) is 2.91. The molecule has 1 saturated carbocycles. The van der Waals surface area contributed by atoms with Gasteiger partial charge < -0.3 is 24.6 Å². The second-order valence-corrected chi connectivity index (χ2v) is 6.95. The number of methoxy groups -OCH3 is 1. The zero-order valence-electron chi connectivity index (χ0n) is 14.0. The molecule has 2 N–H and O–H groups in total. The van der Waals surface area contributed by atoms with Gasteiger partial charge in [0.15, 0.2) is 0 Å². The van der Waals surface area contributed by atoms with E-state index in [0.717, 1.165) is 49.6 Å². The first-order valence-corrected chi connectivity index (χ1v) is 8.87. The van der Waals surface area contributed by atoms with Gasteiger partial charge in [-0.25, -0.2) is 4.98 Å². The fourth-order valence-electron chi connectivity index (χ4n) is 3.99. The Morgan fingerprint density at radius 2 is 1.75 bits per heavy atom. The molecule has 4 atom stereocenters. The van der Waals surface area contributed by atoms with Crippen molar-refractivity contribution in [3.8, 4) is 5.88 Å². The van der Waals surface area contributed by atoms with Crippen LogP contribution < -0.4 is 9.64 Å². The quantitative estimate of drug-likeness (QED) is 0.826. The van der Waals surface area contributed by atoms with E-state index in [9.17, 15) is 10.2 Å². The topological polar surface area (TPSA) is 87.9 Å². The third-order valence-corrected chi connectivity index (χ3v) is 5.41. The zero-order valence-corrected chi connectivity index (χ0v) is 14.0. The monoisotopic (exact) mass is 335 g/mol. The molecule has 0 aromatic carbocycles. The summed E-state index contributed by atoms with van der Waals surface area (Å²) in [4.78, 5) is 11.6. The Balaban J connectivity index is 1.60. The highest BCUT2D eigenvalue weighted by molar-refractivity contribution is 5.43. The molecule has 132 valence electrons. The number of aryl methyl sites for hydroxylation is 1. The van der Waals surface area contributed by atoms with E-state index in [1.165, 1.54) is 20.0 Å². The molecule has 1 saturated heterocycles. The Kier molecular flexibility index (Phi) is 4.32. The van der Waals surface area contributed by atoms with Crippen molar-refractivity contribution in [1.82, 2.24) is 9.97 Å². The molecule has 7 heteroatoms.